The van der Waals surface area contributed by atoms with E-state index in [9.17, 15) is 8.76 Å². The second-order valence-electron chi connectivity index (χ2n) is 3.92. The highest BCUT2D eigenvalue weighted by atomic mass is 35.5. The van der Waals surface area contributed by atoms with Gasteiger partial charge in [0.1, 0.15) is 0 Å². The molecule has 1 aromatic rings. The van der Waals surface area contributed by atoms with E-state index in [2.05, 4.69) is 14.9 Å². The van der Waals surface area contributed by atoms with Gasteiger partial charge in [-0.25, -0.2) is 4.72 Å². The maximum Gasteiger partial charge on any atom is 0.0413 e. The average Bonchev–Trinajstić information content (AvgIpc) is 2.38. The second kappa shape index (κ2) is 7.70. The molecule has 2 N–H and O–H groups in total. The zero-order chi connectivity index (χ0) is 12.1. The van der Waals surface area contributed by atoms with Gasteiger partial charge in [-0.1, -0.05) is 18.2 Å². The minimum Gasteiger partial charge on any atom is -0.760 e. The smallest absolute Gasteiger partial charge is 0.0413 e. The highest BCUT2D eigenvalue weighted by Gasteiger charge is 2.13. The zero-order valence-corrected chi connectivity index (χ0v) is 11.6. The summed E-state index contributed by atoms with van der Waals surface area (Å²) in [4.78, 5) is 2.28. The number of hydrogen-bond donors (Lipinski definition) is 2. The molecule has 0 radical (unpaired) electrons. The van der Waals surface area contributed by atoms with E-state index in [1.807, 2.05) is 24.3 Å². The number of para-hydroxylation sites is 1. The van der Waals surface area contributed by atoms with Gasteiger partial charge in [0, 0.05) is 49.7 Å². The molecule has 1 heterocycles. The molecule has 1 fully saturated rings. The Morgan fingerprint density at radius 3 is 2.67 bits per heavy atom. The van der Waals surface area contributed by atoms with Gasteiger partial charge in [-0.15, -0.1) is 12.4 Å². The van der Waals surface area contributed by atoms with Crippen LogP contribution in [0.25, 0.3) is 0 Å². The van der Waals surface area contributed by atoms with Crippen molar-refractivity contribution in [2.45, 2.75) is 6.54 Å². The predicted molar refractivity (Wildman–Crippen MR) is 74.5 cm³/mol. The number of rotatable bonds is 4. The van der Waals surface area contributed by atoms with Crippen LogP contribution in [0.4, 0.5) is 5.69 Å². The molecule has 1 saturated heterocycles. The fourth-order valence-corrected chi connectivity index (χ4v) is 2.28. The Balaban J connectivity index is 0.00000162. The molecule has 1 aliphatic rings. The fraction of sp³-hybridized carbons (Fsp3) is 0.455. The van der Waals surface area contributed by atoms with Gasteiger partial charge < -0.3 is 14.8 Å². The summed E-state index contributed by atoms with van der Waals surface area (Å²) < 4.78 is 23.5. The van der Waals surface area contributed by atoms with Crippen LogP contribution in [-0.4, -0.2) is 34.9 Å². The molecule has 1 unspecified atom stereocenters. The number of nitrogens with zero attached hydrogens (tertiary/aromatic N) is 1. The van der Waals surface area contributed by atoms with Crippen molar-refractivity contribution >= 4 is 29.4 Å². The third-order valence-corrected chi connectivity index (χ3v) is 3.21. The Hall–Kier alpha value is -0.660. The van der Waals surface area contributed by atoms with Crippen LogP contribution in [0, 0.1) is 0 Å². The first kappa shape index (κ1) is 15.4. The Labute approximate surface area is 116 Å². The summed E-state index contributed by atoms with van der Waals surface area (Å²) in [7, 11) is 0. The molecule has 102 valence electrons. The first-order chi connectivity index (χ1) is 8.27. The molecule has 0 aromatic heterocycles. The Bertz CT molecular complexity index is 400. The van der Waals surface area contributed by atoms with Gasteiger partial charge >= 0.3 is 0 Å². The molecular weight excluding hydrogens is 274 g/mol. The number of anilines is 1. The first-order valence-corrected chi connectivity index (χ1v) is 6.71. The molecule has 0 saturated carbocycles. The summed E-state index contributed by atoms with van der Waals surface area (Å²) in [5.41, 5.74) is 2.13. The Morgan fingerprint density at radius 1 is 1.33 bits per heavy atom. The molecule has 1 aliphatic heterocycles. The lowest BCUT2D eigenvalue weighted by molar-refractivity contribution is 0.522. The summed E-state index contributed by atoms with van der Waals surface area (Å²) in [5, 5.41) is 3.30. The summed E-state index contributed by atoms with van der Waals surface area (Å²) in [6.45, 7) is 4.19. The highest BCUT2D eigenvalue weighted by Crippen LogP contribution is 2.20. The molecule has 5 nitrogen and oxygen atoms in total. The number of benzene rings is 1. The number of piperazine rings is 1. The standard InChI is InChI=1S/C11H17N3O2S.ClH/c15-17(16)13-9-10-3-1-2-4-11(10)14-7-5-12-6-8-14;/h1-4,12-13H,5-9H2,(H,15,16);1H/p-1. The molecule has 0 aliphatic carbocycles. The lowest BCUT2D eigenvalue weighted by Crippen LogP contribution is -2.44. The largest absolute Gasteiger partial charge is 0.760 e. The zero-order valence-electron chi connectivity index (χ0n) is 9.93. The number of halogens is 1. The van der Waals surface area contributed by atoms with Gasteiger partial charge in [-0.2, -0.15) is 0 Å². The average molecular weight is 291 g/mol. The first-order valence-electron chi connectivity index (χ1n) is 5.64. The maximum atomic E-state index is 10.5. The van der Waals surface area contributed by atoms with E-state index < -0.39 is 11.3 Å². The topological polar surface area (TPSA) is 67.4 Å². The monoisotopic (exact) mass is 290 g/mol. The van der Waals surface area contributed by atoms with Gasteiger partial charge in [0.15, 0.2) is 0 Å². The van der Waals surface area contributed by atoms with Crippen LogP contribution in [-0.2, 0) is 17.8 Å². The lowest BCUT2D eigenvalue weighted by Gasteiger charge is -2.31. The molecule has 1 aromatic carbocycles. The molecule has 1 atom stereocenters. The molecule has 0 bridgehead atoms. The highest BCUT2D eigenvalue weighted by molar-refractivity contribution is 7.77. The van der Waals surface area contributed by atoms with E-state index in [0.29, 0.717) is 6.54 Å². The van der Waals surface area contributed by atoms with Crippen molar-refractivity contribution in [3.8, 4) is 0 Å². The van der Waals surface area contributed by atoms with Crippen molar-refractivity contribution in [2.24, 2.45) is 0 Å². The van der Waals surface area contributed by atoms with Crippen LogP contribution in [0.15, 0.2) is 24.3 Å². The van der Waals surface area contributed by atoms with E-state index in [-0.39, 0.29) is 12.4 Å². The van der Waals surface area contributed by atoms with Crippen molar-refractivity contribution in [2.75, 3.05) is 31.1 Å². The van der Waals surface area contributed by atoms with Gasteiger partial charge in [0.05, 0.1) is 0 Å². The van der Waals surface area contributed by atoms with Gasteiger partial charge in [-0.3, -0.25) is 4.21 Å². The maximum absolute atomic E-state index is 10.5. The number of nitrogens with one attached hydrogen (secondary N) is 2. The van der Waals surface area contributed by atoms with E-state index in [1.165, 1.54) is 0 Å². The van der Waals surface area contributed by atoms with Gasteiger partial charge in [0.25, 0.3) is 0 Å². The summed E-state index contributed by atoms with van der Waals surface area (Å²) in [6.07, 6.45) is 0. The van der Waals surface area contributed by atoms with Crippen LogP contribution < -0.4 is 14.9 Å². The van der Waals surface area contributed by atoms with Crippen molar-refractivity contribution in [3.05, 3.63) is 29.8 Å². The van der Waals surface area contributed by atoms with Crippen LogP contribution in [0.5, 0.6) is 0 Å². The molecule has 18 heavy (non-hydrogen) atoms. The van der Waals surface area contributed by atoms with Crippen molar-refractivity contribution < 1.29 is 8.76 Å². The third-order valence-electron chi connectivity index (χ3n) is 2.83. The predicted octanol–water partition coefficient (Wildman–Crippen LogP) is 0.402. The second-order valence-corrected chi connectivity index (χ2v) is 4.68. The summed E-state index contributed by atoms with van der Waals surface area (Å²) in [6, 6.07) is 7.90. The van der Waals surface area contributed by atoms with Gasteiger partial charge in [-0.05, 0) is 11.6 Å². The molecule has 0 amide bonds. The van der Waals surface area contributed by atoms with Crippen LogP contribution >= 0.6 is 12.4 Å². The number of hydrogen-bond acceptors (Lipinski definition) is 4. The molecule has 2 rings (SSSR count). The Morgan fingerprint density at radius 2 is 2.00 bits per heavy atom. The Kier molecular flexibility index (Phi) is 6.59. The van der Waals surface area contributed by atoms with Crippen molar-refractivity contribution in [3.63, 3.8) is 0 Å². The lowest BCUT2D eigenvalue weighted by atomic mass is 10.1. The fourth-order valence-electron chi connectivity index (χ4n) is 2.01. The van der Waals surface area contributed by atoms with Crippen LogP contribution in [0.2, 0.25) is 0 Å². The SMILES string of the molecule is Cl.O=S([O-])NCc1ccccc1N1CCNCC1. The van der Waals surface area contributed by atoms with Gasteiger partial charge in [0.2, 0.25) is 0 Å². The van der Waals surface area contributed by atoms with E-state index in [0.717, 1.165) is 37.4 Å². The molecular formula is C11H17ClN3O2S-. The molecule has 0 spiro atoms. The quantitative estimate of drug-likeness (QED) is 0.788. The minimum absolute atomic E-state index is 0. The van der Waals surface area contributed by atoms with Crippen LogP contribution in [0.3, 0.4) is 0 Å². The third kappa shape index (κ3) is 4.22. The van der Waals surface area contributed by atoms with E-state index >= 15 is 0 Å². The summed E-state index contributed by atoms with van der Waals surface area (Å²) >= 11 is -2.21. The summed E-state index contributed by atoms with van der Waals surface area (Å²) in [5.74, 6) is 0. The minimum atomic E-state index is -2.21. The van der Waals surface area contributed by atoms with E-state index in [4.69, 9.17) is 0 Å². The van der Waals surface area contributed by atoms with E-state index in [1.54, 1.807) is 0 Å². The van der Waals surface area contributed by atoms with Crippen molar-refractivity contribution in [1.82, 2.24) is 10.0 Å². The normalized spacial score (nSPS) is 17.1. The van der Waals surface area contributed by atoms with Crippen LogP contribution in [0.1, 0.15) is 5.56 Å². The van der Waals surface area contributed by atoms with Crippen molar-refractivity contribution in [1.29, 1.82) is 0 Å². The molecule has 7 heteroatoms.